The van der Waals surface area contributed by atoms with Gasteiger partial charge >= 0.3 is 0 Å². The summed E-state index contributed by atoms with van der Waals surface area (Å²) in [4.78, 5) is 74.1. The number of amides is 5. The van der Waals surface area contributed by atoms with E-state index in [0.717, 1.165) is 92.8 Å². The van der Waals surface area contributed by atoms with E-state index in [1.54, 1.807) is 30.6 Å². The van der Waals surface area contributed by atoms with Gasteiger partial charge in [-0.15, -0.1) is 0 Å². The molecule has 19 nitrogen and oxygen atoms in total. The third-order valence-corrected chi connectivity index (χ3v) is 14.1. The highest BCUT2D eigenvalue weighted by molar-refractivity contribution is 6.07. The number of nitrogens with one attached hydrogen (secondary N) is 6. The molecule has 1 atom stereocenters. The first-order valence-electron chi connectivity index (χ1n) is 26.0. The van der Waals surface area contributed by atoms with Crippen molar-refractivity contribution in [2.24, 2.45) is 0 Å². The number of pyridine rings is 1. The highest BCUT2D eigenvalue weighted by Crippen LogP contribution is 2.46. The summed E-state index contributed by atoms with van der Waals surface area (Å²) in [6.07, 6.45) is 11.9. The van der Waals surface area contributed by atoms with E-state index in [1.807, 2.05) is 48.5 Å². The van der Waals surface area contributed by atoms with Crippen LogP contribution in [0.1, 0.15) is 115 Å². The van der Waals surface area contributed by atoms with Crippen molar-refractivity contribution in [1.29, 1.82) is 0 Å². The Morgan fingerprint density at radius 2 is 1.49 bits per heavy atom. The second-order valence-corrected chi connectivity index (χ2v) is 19.3. The third-order valence-electron chi connectivity index (χ3n) is 14.1. The number of carbonyl (C=O) groups is 5. The minimum atomic E-state index is -0.717. The first-order chi connectivity index (χ1) is 36.2. The van der Waals surface area contributed by atoms with Crippen molar-refractivity contribution in [3.05, 3.63) is 119 Å². The molecule has 74 heavy (non-hydrogen) atoms. The molecule has 0 bridgehead atoms. The minimum Gasteiger partial charge on any atom is -0.494 e. The molecule has 6 N–H and O–H groups in total. The van der Waals surface area contributed by atoms with Crippen molar-refractivity contribution in [2.45, 2.75) is 101 Å². The predicted octanol–water partition coefficient (Wildman–Crippen LogP) is 6.15. The first-order valence-corrected chi connectivity index (χ1v) is 26.0. The van der Waals surface area contributed by atoms with Gasteiger partial charge in [0.15, 0.2) is 11.6 Å². The van der Waals surface area contributed by atoms with E-state index >= 15 is 0 Å². The standard InChI is InChI=1S/C55H66N10O9/c66-47(58-45-14-7-13-43-44(45)37-65(52(43)70)46-16-17-48(67)59-51(46)69)15-8-29-72-32-34-73-33-31-71-28-3-1-2-4-30-74-42-12-6-10-40(36-42)54(20-21-54)62-50(68)39-9-5-11-41(35-39)61-55(22-26-57-27-23-55)53-60-49(63-64-53)38-18-24-56-25-19-38/h5-7,9-14,18-19,24-25,35-36,46,57,61H,1-4,8,15-17,20-23,26-34,37H2,(H,58,66)(H,62,68)(H,59,67,69)(H,60,63,64). The predicted molar refractivity (Wildman–Crippen MR) is 275 cm³/mol. The van der Waals surface area contributed by atoms with Crippen LogP contribution in [0, 0.1) is 0 Å². The summed E-state index contributed by atoms with van der Waals surface area (Å²) in [6, 6.07) is 24.0. The molecule has 390 valence electrons. The number of fused-ring (bicyclic) bond motifs is 1. The number of H-pyrrole nitrogens is 1. The zero-order chi connectivity index (χ0) is 51.2. The lowest BCUT2D eigenvalue weighted by atomic mass is 9.87. The molecule has 0 spiro atoms. The fourth-order valence-corrected chi connectivity index (χ4v) is 9.82. The summed E-state index contributed by atoms with van der Waals surface area (Å²) in [7, 11) is 0. The molecule has 0 radical (unpaired) electrons. The summed E-state index contributed by atoms with van der Waals surface area (Å²) in [5.41, 5.74) is 4.12. The Morgan fingerprint density at radius 3 is 2.26 bits per heavy atom. The summed E-state index contributed by atoms with van der Waals surface area (Å²) in [5.74, 6) is 0.776. The Morgan fingerprint density at radius 1 is 0.757 bits per heavy atom. The van der Waals surface area contributed by atoms with Gasteiger partial charge in [-0.2, -0.15) is 5.10 Å². The van der Waals surface area contributed by atoms with Gasteiger partial charge in [-0.3, -0.25) is 39.4 Å². The van der Waals surface area contributed by atoms with Crippen molar-refractivity contribution in [3.63, 3.8) is 0 Å². The van der Waals surface area contributed by atoms with Crippen molar-refractivity contribution in [2.75, 3.05) is 70.0 Å². The maximum atomic E-state index is 13.8. The van der Waals surface area contributed by atoms with Crippen LogP contribution in [0.4, 0.5) is 11.4 Å². The van der Waals surface area contributed by atoms with Crippen LogP contribution in [0.25, 0.3) is 11.4 Å². The number of hydrogen-bond donors (Lipinski definition) is 6. The zero-order valence-electron chi connectivity index (χ0n) is 41.8. The molecule has 4 aliphatic rings. The lowest BCUT2D eigenvalue weighted by Gasteiger charge is -2.37. The maximum Gasteiger partial charge on any atom is 0.255 e. The van der Waals surface area contributed by atoms with Gasteiger partial charge in [-0.1, -0.05) is 30.7 Å². The van der Waals surface area contributed by atoms with Crippen molar-refractivity contribution < 1.29 is 42.9 Å². The number of piperidine rings is 2. The largest absolute Gasteiger partial charge is 0.494 e. The van der Waals surface area contributed by atoms with Crippen molar-refractivity contribution >= 4 is 40.9 Å². The Bertz CT molecular complexity index is 2740. The normalized spacial score (nSPS) is 17.6. The Hall–Kier alpha value is -7.06. The molecule has 19 heteroatoms. The van der Waals surface area contributed by atoms with Crippen LogP contribution < -0.4 is 31.3 Å². The fraction of sp³-hybridized carbons (Fsp3) is 0.455. The van der Waals surface area contributed by atoms with E-state index in [2.05, 4.69) is 53.9 Å². The number of rotatable bonds is 27. The Kier molecular flexibility index (Phi) is 17.4. The third kappa shape index (κ3) is 13.2. The van der Waals surface area contributed by atoms with Gasteiger partial charge in [0.2, 0.25) is 17.7 Å². The highest BCUT2D eigenvalue weighted by Gasteiger charge is 2.46. The number of aromatic amines is 1. The Balaban J connectivity index is 0.601. The van der Waals surface area contributed by atoms with Gasteiger partial charge in [0, 0.05) is 78.6 Å². The van der Waals surface area contributed by atoms with E-state index in [0.29, 0.717) is 80.9 Å². The molecular formula is C55H66N10O9. The van der Waals surface area contributed by atoms with Gasteiger partial charge < -0.3 is 45.1 Å². The van der Waals surface area contributed by atoms with E-state index < -0.39 is 23.0 Å². The lowest BCUT2D eigenvalue weighted by molar-refractivity contribution is -0.137. The van der Waals surface area contributed by atoms with Crippen LogP contribution in [0.3, 0.4) is 0 Å². The summed E-state index contributed by atoms with van der Waals surface area (Å²) in [5, 5.41) is 23.5. The molecule has 3 aromatic carbocycles. The average Bonchev–Trinajstić information content (AvgIpc) is 3.87. The molecule has 3 aliphatic heterocycles. The molecule has 1 saturated carbocycles. The molecule has 2 saturated heterocycles. The lowest BCUT2D eigenvalue weighted by Crippen LogP contribution is -2.52. The van der Waals surface area contributed by atoms with E-state index in [1.165, 1.54) is 4.90 Å². The van der Waals surface area contributed by atoms with Gasteiger partial charge in [-0.25, -0.2) is 4.98 Å². The molecule has 1 aliphatic carbocycles. The average molecular weight is 1010 g/mol. The summed E-state index contributed by atoms with van der Waals surface area (Å²) < 4.78 is 23.2. The minimum absolute atomic E-state index is 0.119. The molecule has 3 fully saturated rings. The fourth-order valence-electron chi connectivity index (χ4n) is 9.82. The summed E-state index contributed by atoms with van der Waals surface area (Å²) >= 11 is 0. The quantitative estimate of drug-likeness (QED) is 0.0256. The SMILES string of the molecule is O=C1CCC(N2Cc3c(NC(=O)CCCOCCOCCOCCCCCCOc4cccc(C5(NC(=O)c6cccc(NC7(c8nc(-c9ccncc9)n[nH]8)CCNCC7)c6)CC5)c4)cccc3C2=O)C(=O)N1. The van der Waals surface area contributed by atoms with Crippen LogP contribution in [0.15, 0.2) is 91.3 Å². The van der Waals surface area contributed by atoms with E-state index in [4.69, 9.17) is 23.9 Å². The molecular weight excluding hydrogens is 945 g/mol. The topological polar surface area (TPSA) is 240 Å². The second kappa shape index (κ2) is 24.8. The second-order valence-electron chi connectivity index (χ2n) is 19.3. The molecule has 9 rings (SSSR count). The number of imide groups is 1. The van der Waals surface area contributed by atoms with Crippen LogP contribution in [0.5, 0.6) is 5.75 Å². The zero-order valence-corrected chi connectivity index (χ0v) is 41.8. The number of hydrogen-bond acceptors (Lipinski definition) is 14. The number of nitrogens with zero attached hydrogens (tertiary/aromatic N) is 4. The van der Waals surface area contributed by atoms with Crippen LogP contribution >= 0.6 is 0 Å². The number of aromatic nitrogens is 4. The van der Waals surface area contributed by atoms with E-state index in [-0.39, 0.29) is 49.4 Å². The maximum absolute atomic E-state index is 13.8. The molecule has 5 amide bonds. The van der Waals surface area contributed by atoms with E-state index in [9.17, 15) is 24.0 Å². The molecule has 5 aromatic rings. The smallest absolute Gasteiger partial charge is 0.255 e. The number of ether oxygens (including phenoxy) is 4. The highest BCUT2D eigenvalue weighted by atomic mass is 16.5. The molecule has 1 unspecified atom stereocenters. The van der Waals surface area contributed by atoms with Crippen LogP contribution in [-0.4, -0.2) is 120 Å². The summed E-state index contributed by atoms with van der Waals surface area (Å²) in [6.45, 7) is 5.31. The number of unbranched alkanes of at least 4 members (excludes halogenated alkanes) is 3. The Labute approximate surface area is 430 Å². The number of anilines is 2. The molecule has 5 heterocycles. The number of carbonyl (C=O) groups excluding carboxylic acids is 5. The first kappa shape index (κ1) is 51.8. The van der Waals surface area contributed by atoms with Crippen molar-refractivity contribution in [3.8, 4) is 17.1 Å². The van der Waals surface area contributed by atoms with Gasteiger partial charge in [0.25, 0.3) is 11.8 Å². The molecule has 2 aromatic heterocycles. The van der Waals surface area contributed by atoms with Crippen LogP contribution in [-0.2, 0) is 46.2 Å². The van der Waals surface area contributed by atoms with Gasteiger partial charge in [-0.05, 0) is 131 Å². The number of benzene rings is 3. The van der Waals surface area contributed by atoms with Crippen molar-refractivity contribution in [1.82, 2.24) is 41.0 Å². The van der Waals surface area contributed by atoms with Gasteiger partial charge in [0.1, 0.15) is 11.8 Å². The monoisotopic (exact) mass is 1010 g/mol. The van der Waals surface area contributed by atoms with Gasteiger partial charge in [0.05, 0.1) is 44.1 Å². The van der Waals surface area contributed by atoms with Crippen LogP contribution in [0.2, 0.25) is 0 Å².